The summed E-state index contributed by atoms with van der Waals surface area (Å²) in [5.74, 6) is 0.723. The van der Waals surface area contributed by atoms with Gasteiger partial charge in [0.1, 0.15) is 0 Å². The van der Waals surface area contributed by atoms with Crippen LogP contribution in [-0.4, -0.2) is 49.3 Å². The largest absolute Gasteiger partial charge is 0.388 e. The molecule has 3 heteroatoms. The third kappa shape index (κ3) is 8.48. The highest BCUT2D eigenvalue weighted by Gasteiger charge is 2.20. The van der Waals surface area contributed by atoms with Gasteiger partial charge in [0.2, 0.25) is 0 Å². The van der Waals surface area contributed by atoms with Crippen LogP contribution in [0.15, 0.2) is 0 Å². The molecule has 0 aliphatic rings. The second-order valence-electron chi connectivity index (χ2n) is 5.09. The van der Waals surface area contributed by atoms with Crippen molar-refractivity contribution in [2.45, 2.75) is 32.8 Å². The first-order chi connectivity index (χ1) is 6.33. The summed E-state index contributed by atoms with van der Waals surface area (Å²) in [4.78, 5) is 2.00. The van der Waals surface area contributed by atoms with Crippen molar-refractivity contribution in [2.75, 3.05) is 33.7 Å². The van der Waals surface area contributed by atoms with Gasteiger partial charge in [-0.25, -0.2) is 0 Å². The van der Waals surface area contributed by atoms with Crippen molar-refractivity contribution in [3.63, 3.8) is 0 Å². The number of aliphatic hydroxyl groups is 1. The molecular weight excluding hydrogens is 176 g/mol. The van der Waals surface area contributed by atoms with E-state index in [1.807, 2.05) is 25.9 Å². The van der Waals surface area contributed by atoms with Gasteiger partial charge in [0.15, 0.2) is 0 Å². The standard InChI is InChI=1S/C11H26N2O/c1-10(2)6-7-12-8-11(3,14)9-13(4)5/h10,12,14H,6-9H2,1-5H3. The zero-order valence-electron chi connectivity index (χ0n) is 10.3. The average Bonchev–Trinajstić information content (AvgIpc) is 1.95. The van der Waals surface area contributed by atoms with Crippen LogP contribution in [0.2, 0.25) is 0 Å². The lowest BCUT2D eigenvalue weighted by Crippen LogP contribution is -2.45. The van der Waals surface area contributed by atoms with Crippen molar-refractivity contribution in [3.05, 3.63) is 0 Å². The van der Waals surface area contributed by atoms with Gasteiger partial charge in [0.05, 0.1) is 5.60 Å². The van der Waals surface area contributed by atoms with Gasteiger partial charge in [-0.15, -0.1) is 0 Å². The minimum Gasteiger partial charge on any atom is -0.388 e. The molecule has 0 aromatic carbocycles. The van der Waals surface area contributed by atoms with Gasteiger partial charge in [0, 0.05) is 13.1 Å². The van der Waals surface area contributed by atoms with Crippen molar-refractivity contribution in [1.82, 2.24) is 10.2 Å². The lowest BCUT2D eigenvalue weighted by atomic mass is 10.1. The van der Waals surface area contributed by atoms with Gasteiger partial charge in [-0.1, -0.05) is 13.8 Å². The summed E-state index contributed by atoms with van der Waals surface area (Å²) in [6, 6.07) is 0. The summed E-state index contributed by atoms with van der Waals surface area (Å²) in [6.07, 6.45) is 1.16. The van der Waals surface area contributed by atoms with E-state index in [0.29, 0.717) is 13.1 Å². The predicted molar refractivity (Wildman–Crippen MR) is 61.5 cm³/mol. The summed E-state index contributed by atoms with van der Waals surface area (Å²) in [5.41, 5.74) is -0.625. The summed E-state index contributed by atoms with van der Waals surface area (Å²) < 4.78 is 0. The van der Waals surface area contributed by atoms with Crippen LogP contribution < -0.4 is 5.32 Å². The van der Waals surface area contributed by atoms with Crippen molar-refractivity contribution in [2.24, 2.45) is 5.92 Å². The molecule has 0 rings (SSSR count). The topological polar surface area (TPSA) is 35.5 Å². The molecule has 86 valence electrons. The fourth-order valence-electron chi connectivity index (χ4n) is 1.49. The molecule has 2 N–H and O–H groups in total. The van der Waals surface area contributed by atoms with Crippen LogP contribution >= 0.6 is 0 Å². The maximum absolute atomic E-state index is 9.95. The molecular formula is C11H26N2O. The molecule has 0 radical (unpaired) electrons. The maximum Gasteiger partial charge on any atom is 0.0869 e. The first kappa shape index (κ1) is 13.9. The Morgan fingerprint density at radius 2 is 1.93 bits per heavy atom. The van der Waals surface area contributed by atoms with Gasteiger partial charge >= 0.3 is 0 Å². The molecule has 1 unspecified atom stereocenters. The lowest BCUT2D eigenvalue weighted by molar-refractivity contribution is 0.0338. The number of rotatable bonds is 7. The van der Waals surface area contributed by atoms with E-state index >= 15 is 0 Å². The van der Waals surface area contributed by atoms with Crippen molar-refractivity contribution < 1.29 is 5.11 Å². The number of hydrogen-bond acceptors (Lipinski definition) is 3. The van der Waals surface area contributed by atoms with Crippen LogP contribution in [0.3, 0.4) is 0 Å². The third-order valence-electron chi connectivity index (χ3n) is 2.06. The van der Waals surface area contributed by atoms with Gasteiger partial charge in [-0.2, -0.15) is 0 Å². The number of nitrogens with zero attached hydrogens (tertiary/aromatic N) is 1. The Morgan fingerprint density at radius 3 is 2.36 bits per heavy atom. The normalized spacial score (nSPS) is 16.3. The molecule has 0 bridgehead atoms. The van der Waals surface area contributed by atoms with Crippen LogP contribution in [0, 0.1) is 5.92 Å². The van der Waals surface area contributed by atoms with Crippen molar-refractivity contribution >= 4 is 0 Å². The zero-order chi connectivity index (χ0) is 11.2. The predicted octanol–water partition coefficient (Wildman–Crippen LogP) is 0.935. The SMILES string of the molecule is CC(C)CCNCC(C)(O)CN(C)C. The number of hydrogen-bond donors (Lipinski definition) is 2. The number of nitrogens with one attached hydrogen (secondary N) is 1. The molecule has 0 fully saturated rings. The lowest BCUT2D eigenvalue weighted by Gasteiger charge is -2.27. The minimum absolute atomic E-state index is 0.625. The van der Waals surface area contributed by atoms with E-state index in [-0.39, 0.29) is 0 Å². The highest BCUT2D eigenvalue weighted by atomic mass is 16.3. The second kappa shape index (κ2) is 6.38. The second-order valence-corrected chi connectivity index (χ2v) is 5.09. The monoisotopic (exact) mass is 202 g/mol. The van der Waals surface area contributed by atoms with Crippen LogP contribution in [0.4, 0.5) is 0 Å². The van der Waals surface area contributed by atoms with E-state index < -0.39 is 5.60 Å². The highest BCUT2D eigenvalue weighted by Crippen LogP contribution is 2.03. The minimum atomic E-state index is -0.625. The van der Waals surface area contributed by atoms with Gasteiger partial charge in [-0.05, 0) is 39.9 Å². The first-order valence-electron chi connectivity index (χ1n) is 5.41. The van der Waals surface area contributed by atoms with Crippen LogP contribution in [0.25, 0.3) is 0 Å². The summed E-state index contributed by atoms with van der Waals surface area (Å²) >= 11 is 0. The maximum atomic E-state index is 9.95. The van der Waals surface area contributed by atoms with E-state index in [4.69, 9.17) is 0 Å². The summed E-state index contributed by atoms with van der Waals surface area (Å²) in [6.45, 7) is 8.63. The van der Waals surface area contributed by atoms with E-state index in [9.17, 15) is 5.11 Å². The molecule has 0 amide bonds. The van der Waals surface area contributed by atoms with Crippen LogP contribution in [0.5, 0.6) is 0 Å². The number of likely N-dealkylation sites (N-methyl/N-ethyl adjacent to an activating group) is 1. The highest BCUT2D eigenvalue weighted by molar-refractivity contribution is 4.77. The molecule has 0 aliphatic heterocycles. The molecule has 1 atom stereocenters. The zero-order valence-corrected chi connectivity index (χ0v) is 10.3. The Morgan fingerprint density at radius 1 is 1.36 bits per heavy atom. The fourth-order valence-corrected chi connectivity index (χ4v) is 1.49. The van der Waals surface area contributed by atoms with Gasteiger partial charge in [0.25, 0.3) is 0 Å². The molecule has 0 aromatic rings. The molecule has 0 saturated carbocycles. The van der Waals surface area contributed by atoms with Gasteiger partial charge in [-0.3, -0.25) is 0 Å². The molecule has 0 aliphatic carbocycles. The van der Waals surface area contributed by atoms with E-state index in [1.54, 1.807) is 0 Å². The van der Waals surface area contributed by atoms with Crippen molar-refractivity contribution in [1.29, 1.82) is 0 Å². The summed E-state index contributed by atoms with van der Waals surface area (Å²) in [7, 11) is 3.95. The van der Waals surface area contributed by atoms with E-state index in [2.05, 4.69) is 19.2 Å². The quantitative estimate of drug-likeness (QED) is 0.603. The van der Waals surface area contributed by atoms with Crippen molar-refractivity contribution in [3.8, 4) is 0 Å². The summed E-state index contributed by atoms with van der Waals surface area (Å²) in [5, 5.41) is 13.2. The first-order valence-corrected chi connectivity index (χ1v) is 5.41. The molecule has 0 heterocycles. The average molecular weight is 202 g/mol. The van der Waals surface area contributed by atoms with Crippen LogP contribution in [-0.2, 0) is 0 Å². The van der Waals surface area contributed by atoms with E-state index in [0.717, 1.165) is 18.9 Å². The Hall–Kier alpha value is -0.120. The Kier molecular flexibility index (Phi) is 6.33. The van der Waals surface area contributed by atoms with Gasteiger partial charge < -0.3 is 15.3 Å². The third-order valence-corrected chi connectivity index (χ3v) is 2.06. The Bertz CT molecular complexity index is 144. The Balaban J connectivity index is 3.55. The Labute approximate surface area is 88.5 Å². The fraction of sp³-hybridized carbons (Fsp3) is 1.00. The molecule has 3 nitrogen and oxygen atoms in total. The van der Waals surface area contributed by atoms with E-state index in [1.165, 1.54) is 0 Å². The molecule has 0 spiro atoms. The molecule has 0 aromatic heterocycles. The smallest absolute Gasteiger partial charge is 0.0869 e. The van der Waals surface area contributed by atoms with Crippen LogP contribution in [0.1, 0.15) is 27.2 Å². The molecule has 14 heavy (non-hydrogen) atoms. The molecule has 0 saturated heterocycles.